The van der Waals surface area contributed by atoms with E-state index in [0.29, 0.717) is 0 Å². The molecule has 0 unspecified atom stereocenters. The van der Waals surface area contributed by atoms with Gasteiger partial charge in [0.05, 0.1) is 0 Å². The molecule has 0 aliphatic carbocycles. The van der Waals surface area contributed by atoms with Crippen molar-refractivity contribution < 1.29 is 9.51 Å². The van der Waals surface area contributed by atoms with E-state index in [1.54, 1.807) is 23.0 Å². The van der Waals surface area contributed by atoms with Gasteiger partial charge in [-0.15, -0.1) is 0 Å². The number of fused-ring (bicyclic) bond motifs is 1. The molecule has 0 amide bonds. The van der Waals surface area contributed by atoms with Gasteiger partial charge in [-0.3, -0.25) is 4.98 Å². The van der Waals surface area contributed by atoms with Gasteiger partial charge in [0.2, 0.25) is 0 Å². The summed E-state index contributed by atoms with van der Waals surface area (Å²) in [5.41, 5.74) is 0.876. The number of rotatable bonds is 1. The highest BCUT2D eigenvalue weighted by atomic mass is 32.1. The molecule has 0 spiro atoms. The Bertz CT molecular complexity index is 634. The van der Waals surface area contributed by atoms with Gasteiger partial charge in [-0.05, 0) is 12.1 Å². The van der Waals surface area contributed by atoms with Crippen LogP contribution >= 0.6 is 11.3 Å². The zero-order valence-electron chi connectivity index (χ0n) is 8.33. The fourth-order valence-corrected chi connectivity index (χ4v) is 2.64. The van der Waals surface area contributed by atoms with Gasteiger partial charge < -0.3 is 5.11 Å². The van der Waals surface area contributed by atoms with Crippen LogP contribution in [0.2, 0.25) is 0 Å². The van der Waals surface area contributed by atoms with E-state index >= 15 is 0 Å². The maximum absolute atomic E-state index is 12.1. The van der Waals surface area contributed by atoms with Crippen LogP contribution in [0.3, 0.4) is 0 Å². The summed E-state index contributed by atoms with van der Waals surface area (Å²) in [5, 5.41) is 12.1. The standard InChI is InChI=1S/C12H8N2OS/c15-12-11(9-4-3-6-13-8-9)16-10-5-1-2-7-14(10)12/h1-8H. The first kappa shape index (κ1) is 9.30. The highest BCUT2D eigenvalue weighted by Crippen LogP contribution is 2.31. The van der Waals surface area contributed by atoms with E-state index in [0.717, 1.165) is 15.3 Å². The Balaban J connectivity index is 2.29. The minimum atomic E-state index is 0.0219. The molecule has 0 aliphatic heterocycles. The molecule has 0 atom stereocenters. The van der Waals surface area contributed by atoms with E-state index in [9.17, 15) is 5.11 Å². The molecule has 16 heavy (non-hydrogen) atoms. The van der Waals surface area contributed by atoms with Gasteiger partial charge in [0.15, 0.2) is 12.1 Å². The Morgan fingerprint density at radius 3 is 2.88 bits per heavy atom. The zero-order chi connectivity index (χ0) is 11.0. The van der Waals surface area contributed by atoms with Crippen molar-refractivity contribution >= 4 is 16.2 Å². The lowest BCUT2D eigenvalue weighted by atomic mass is 10.2. The summed E-state index contributed by atoms with van der Waals surface area (Å²) in [6.45, 7) is 0. The Hall–Kier alpha value is -1.94. The first-order valence-electron chi connectivity index (χ1n) is 4.87. The number of thiazole rings is 1. The summed E-state index contributed by atoms with van der Waals surface area (Å²) in [5.74, 6) is 0.0219. The summed E-state index contributed by atoms with van der Waals surface area (Å²) in [4.78, 5) is 5.72. The number of hydrogen-bond donors (Lipinski definition) is 0. The van der Waals surface area contributed by atoms with Crippen LogP contribution in [0.4, 0.5) is 0 Å². The molecule has 0 saturated heterocycles. The lowest BCUT2D eigenvalue weighted by Crippen LogP contribution is -2.22. The van der Waals surface area contributed by atoms with Crippen LogP contribution in [0.1, 0.15) is 0 Å². The average Bonchev–Trinajstić information content (AvgIpc) is 2.69. The Kier molecular flexibility index (Phi) is 2.08. The molecule has 3 aromatic rings. The molecule has 78 valence electrons. The second kappa shape index (κ2) is 3.57. The smallest absolute Gasteiger partial charge is 0.267 e. The number of pyridine rings is 2. The molecule has 3 rings (SSSR count). The van der Waals surface area contributed by atoms with Crippen molar-refractivity contribution in [1.29, 1.82) is 0 Å². The molecule has 0 radical (unpaired) electrons. The summed E-state index contributed by atoms with van der Waals surface area (Å²) in [6, 6.07) is 9.46. The second-order valence-electron chi connectivity index (χ2n) is 3.39. The average molecular weight is 228 g/mol. The minimum absolute atomic E-state index is 0.0219. The highest BCUT2D eigenvalue weighted by Gasteiger charge is 2.13. The maximum atomic E-state index is 12.1. The Morgan fingerprint density at radius 1 is 1.19 bits per heavy atom. The van der Waals surface area contributed by atoms with Crippen molar-refractivity contribution in [2.24, 2.45) is 0 Å². The molecule has 0 aliphatic rings. The third-order valence-electron chi connectivity index (χ3n) is 2.37. The van der Waals surface area contributed by atoms with Crippen LogP contribution < -0.4 is 9.51 Å². The van der Waals surface area contributed by atoms with E-state index in [-0.39, 0.29) is 5.88 Å². The first-order valence-corrected chi connectivity index (χ1v) is 5.68. The van der Waals surface area contributed by atoms with Gasteiger partial charge in [-0.25, -0.2) is 0 Å². The fraction of sp³-hybridized carbons (Fsp3) is 0. The molecule has 0 bridgehead atoms. The van der Waals surface area contributed by atoms with Crippen molar-refractivity contribution in [3.05, 3.63) is 48.9 Å². The highest BCUT2D eigenvalue weighted by molar-refractivity contribution is 7.20. The molecular weight excluding hydrogens is 220 g/mol. The number of nitrogens with zero attached hydrogens (tertiary/aromatic N) is 2. The quantitative estimate of drug-likeness (QED) is 0.594. The molecule has 3 heterocycles. The maximum Gasteiger partial charge on any atom is 0.267 e. The van der Waals surface area contributed by atoms with E-state index in [4.69, 9.17) is 0 Å². The van der Waals surface area contributed by atoms with Crippen molar-refractivity contribution in [2.45, 2.75) is 0 Å². The van der Waals surface area contributed by atoms with E-state index < -0.39 is 0 Å². The lowest BCUT2D eigenvalue weighted by Gasteiger charge is -1.99. The number of hydrogen-bond acceptors (Lipinski definition) is 3. The molecule has 0 aromatic carbocycles. The van der Waals surface area contributed by atoms with Crippen LogP contribution in [0.25, 0.3) is 15.3 Å². The molecule has 0 saturated carbocycles. The van der Waals surface area contributed by atoms with Crippen LogP contribution in [0.5, 0.6) is 5.88 Å². The zero-order valence-corrected chi connectivity index (χ0v) is 9.15. The fourth-order valence-electron chi connectivity index (χ4n) is 1.62. The molecular formula is C12H8N2OS. The van der Waals surface area contributed by atoms with Gasteiger partial charge in [0, 0.05) is 30.1 Å². The Morgan fingerprint density at radius 2 is 2.12 bits per heavy atom. The van der Waals surface area contributed by atoms with E-state index in [1.165, 1.54) is 11.3 Å². The number of aromatic nitrogens is 2. The first-order chi connectivity index (χ1) is 7.86. The topological polar surface area (TPSA) is 40.1 Å². The SMILES string of the molecule is [O-]c1c(-c2cccnc2)sc2cccc[n+]12. The van der Waals surface area contributed by atoms with Gasteiger partial charge in [0.25, 0.3) is 4.83 Å². The predicted octanol–water partition coefficient (Wildman–Crippen LogP) is 1.62. The van der Waals surface area contributed by atoms with Crippen LogP contribution in [0.15, 0.2) is 48.9 Å². The summed E-state index contributed by atoms with van der Waals surface area (Å²) in [7, 11) is 0. The second-order valence-corrected chi connectivity index (χ2v) is 4.42. The van der Waals surface area contributed by atoms with Gasteiger partial charge in [-0.2, -0.15) is 4.40 Å². The van der Waals surface area contributed by atoms with E-state index in [2.05, 4.69) is 4.98 Å². The molecule has 4 heteroatoms. The van der Waals surface area contributed by atoms with Crippen LogP contribution in [-0.4, -0.2) is 4.98 Å². The van der Waals surface area contributed by atoms with Gasteiger partial charge in [-0.1, -0.05) is 17.4 Å². The third kappa shape index (κ3) is 1.35. The summed E-state index contributed by atoms with van der Waals surface area (Å²) < 4.78 is 1.66. The minimum Gasteiger partial charge on any atom is -0.822 e. The Labute approximate surface area is 96.3 Å². The lowest BCUT2D eigenvalue weighted by molar-refractivity contribution is -0.580. The monoisotopic (exact) mass is 228 g/mol. The molecule has 0 N–H and O–H groups in total. The van der Waals surface area contributed by atoms with Crippen molar-refractivity contribution in [1.82, 2.24) is 4.98 Å². The summed E-state index contributed by atoms with van der Waals surface area (Å²) >= 11 is 1.49. The van der Waals surface area contributed by atoms with Gasteiger partial charge in [0.1, 0.15) is 4.88 Å². The largest absolute Gasteiger partial charge is 0.822 e. The van der Waals surface area contributed by atoms with Crippen LogP contribution in [-0.2, 0) is 0 Å². The molecule has 0 fully saturated rings. The molecule has 3 nitrogen and oxygen atoms in total. The van der Waals surface area contributed by atoms with Gasteiger partial charge >= 0.3 is 0 Å². The normalized spacial score (nSPS) is 10.8. The molecule has 3 aromatic heterocycles. The van der Waals surface area contributed by atoms with Crippen molar-refractivity contribution in [3.63, 3.8) is 0 Å². The summed E-state index contributed by atoms with van der Waals surface area (Å²) in [6.07, 6.45) is 5.20. The van der Waals surface area contributed by atoms with E-state index in [1.807, 2.05) is 30.3 Å². The van der Waals surface area contributed by atoms with Crippen molar-refractivity contribution in [3.8, 4) is 16.3 Å². The predicted molar refractivity (Wildman–Crippen MR) is 60.2 cm³/mol. The van der Waals surface area contributed by atoms with Crippen molar-refractivity contribution in [2.75, 3.05) is 0 Å². The third-order valence-corrected chi connectivity index (χ3v) is 3.52. The van der Waals surface area contributed by atoms with Crippen LogP contribution in [0, 0.1) is 0 Å².